The second-order valence-corrected chi connectivity index (χ2v) is 4.15. The summed E-state index contributed by atoms with van der Waals surface area (Å²) >= 11 is 6.37. The fourth-order valence-corrected chi connectivity index (χ4v) is 2.30. The molecule has 1 fully saturated rings. The molecule has 1 heterocycles. The van der Waals surface area contributed by atoms with Crippen LogP contribution in [0.25, 0.3) is 0 Å². The third-order valence-corrected chi connectivity index (χ3v) is 3.27. The molecule has 1 aliphatic heterocycles. The SMILES string of the molecule is Cl.NCC1NCCN(c2ccccc2)C1Cl. The van der Waals surface area contributed by atoms with Gasteiger partial charge in [-0.3, -0.25) is 0 Å². The van der Waals surface area contributed by atoms with Gasteiger partial charge in [-0.25, -0.2) is 0 Å². The molecule has 2 unspecified atom stereocenters. The quantitative estimate of drug-likeness (QED) is 0.625. The molecule has 3 N–H and O–H groups in total. The molecular weight excluding hydrogens is 245 g/mol. The van der Waals surface area contributed by atoms with Gasteiger partial charge in [0.25, 0.3) is 0 Å². The van der Waals surface area contributed by atoms with Gasteiger partial charge >= 0.3 is 0 Å². The number of alkyl halides is 1. The molecule has 0 bridgehead atoms. The Morgan fingerprint density at radius 3 is 2.69 bits per heavy atom. The van der Waals surface area contributed by atoms with Crippen molar-refractivity contribution in [3.05, 3.63) is 30.3 Å². The monoisotopic (exact) mass is 261 g/mol. The second-order valence-electron chi connectivity index (χ2n) is 3.70. The highest BCUT2D eigenvalue weighted by molar-refractivity contribution is 6.22. The van der Waals surface area contributed by atoms with Crippen molar-refractivity contribution in [3.8, 4) is 0 Å². The van der Waals surface area contributed by atoms with Gasteiger partial charge in [0, 0.05) is 25.3 Å². The lowest BCUT2D eigenvalue weighted by Gasteiger charge is -2.39. The minimum atomic E-state index is -0.0637. The number of halogens is 2. The number of piperazine rings is 1. The molecule has 2 rings (SSSR count). The topological polar surface area (TPSA) is 41.3 Å². The van der Waals surface area contributed by atoms with E-state index in [0.717, 1.165) is 18.8 Å². The van der Waals surface area contributed by atoms with Crippen LogP contribution in [0.15, 0.2) is 30.3 Å². The van der Waals surface area contributed by atoms with Gasteiger partial charge in [-0.15, -0.1) is 12.4 Å². The van der Waals surface area contributed by atoms with Crippen LogP contribution in [0.4, 0.5) is 5.69 Å². The fourth-order valence-electron chi connectivity index (χ4n) is 1.89. The lowest BCUT2D eigenvalue weighted by Crippen LogP contribution is -2.58. The number of benzene rings is 1. The van der Waals surface area contributed by atoms with E-state index in [0.29, 0.717) is 6.54 Å². The van der Waals surface area contributed by atoms with E-state index in [1.807, 2.05) is 18.2 Å². The third kappa shape index (κ3) is 2.80. The fraction of sp³-hybridized carbons (Fsp3) is 0.455. The van der Waals surface area contributed by atoms with Crippen LogP contribution >= 0.6 is 24.0 Å². The third-order valence-electron chi connectivity index (χ3n) is 2.73. The molecule has 1 aliphatic rings. The molecule has 16 heavy (non-hydrogen) atoms. The van der Waals surface area contributed by atoms with Crippen molar-refractivity contribution in [3.63, 3.8) is 0 Å². The Morgan fingerprint density at radius 2 is 2.06 bits per heavy atom. The van der Waals surface area contributed by atoms with Crippen LogP contribution in [0.3, 0.4) is 0 Å². The van der Waals surface area contributed by atoms with Crippen molar-refractivity contribution in [1.82, 2.24) is 5.32 Å². The number of rotatable bonds is 2. The predicted octanol–water partition coefficient (Wildman–Crippen LogP) is 1.41. The molecule has 0 radical (unpaired) electrons. The van der Waals surface area contributed by atoms with Gasteiger partial charge < -0.3 is 16.0 Å². The first kappa shape index (κ1) is 13.6. The van der Waals surface area contributed by atoms with Crippen LogP contribution in [-0.2, 0) is 0 Å². The standard InChI is InChI=1S/C11H16ClN3.ClH/c12-11-10(8-13)14-6-7-15(11)9-4-2-1-3-5-9;/h1-5,10-11,14H,6-8,13H2;1H. The van der Waals surface area contributed by atoms with Gasteiger partial charge in [0.2, 0.25) is 0 Å². The molecular formula is C11H17Cl2N3. The largest absolute Gasteiger partial charge is 0.352 e. The summed E-state index contributed by atoms with van der Waals surface area (Å²) in [6.45, 7) is 2.42. The predicted molar refractivity (Wildman–Crippen MR) is 71.5 cm³/mol. The number of nitrogens with two attached hydrogens (primary N) is 1. The van der Waals surface area contributed by atoms with Crippen molar-refractivity contribution < 1.29 is 0 Å². The average molecular weight is 262 g/mol. The Kier molecular flexibility index (Phi) is 5.35. The molecule has 90 valence electrons. The summed E-state index contributed by atoms with van der Waals surface area (Å²) in [5.74, 6) is 0. The zero-order chi connectivity index (χ0) is 10.7. The van der Waals surface area contributed by atoms with Crippen molar-refractivity contribution in [2.24, 2.45) is 5.73 Å². The highest BCUT2D eigenvalue weighted by atomic mass is 35.5. The molecule has 0 saturated carbocycles. The lowest BCUT2D eigenvalue weighted by atomic mass is 10.2. The first-order chi connectivity index (χ1) is 7.33. The van der Waals surface area contributed by atoms with E-state index >= 15 is 0 Å². The highest BCUT2D eigenvalue weighted by Gasteiger charge is 2.28. The molecule has 5 heteroatoms. The van der Waals surface area contributed by atoms with E-state index in [2.05, 4.69) is 22.3 Å². The first-order valence-corrected chi connectivity index (χ1v) is 5.66. The molecule has 1 aromatic rings. The van der Waals surface area contributed by atoms with Crippen molar-refractivity contribution >= 4 is 29.7 Å². The molecule has 1 saturated heterocycles. The number of anilines is 1. The zero-order valence-electron chi connectivity index (χ0n) is 8.97. The summed E-state index contributed by atoms with van der Waals surface area (Å²) in [5, 5.41) is 3.32. The number of nitrogens with zero attached hydrogens (tertiary/aromatic N) is 1. The Balaban J connectivity index is 0.00000128. The molecule has 3 nitrogen and oxygen atoms in total. The summed E-state index contributed by atoms with van der Waals surface area (Å²) in [5.41, 5.74) is 6.76. The van der Waals surface area contributed by atoms with Crippen LogP contribution in [-0.4, -0.2) is 31.2 Å². The average Bonchev–Trinajstić information content (AvgIpc) is 2.30. The van der Waals surface area contributed by atoms with Crippen LogP contribution in [0.1, 0.15) is 0 Å². The van der Waals surface area contributed by atoms with Crippen LogP contribution < -0.4 is 16.0 Å². The van der Waals surface area contributed by atoms with Crippen LogP contribution in [0.2, 0.25) is 0 Å². The maximum Gasteiger partial charge on any atom is 0.120 e. The molecule has 1 aromatic carbocycles. The molecule has 0 spiro atoms. The molecule has 0 aliphatic carbocycles. The Hall–Kier alpha value is -0.480. The highest BCUT2D eigenvalue weighted by Crippen LogP contribution is 2.22. The van der Waals surface area contributed by atoms with E-state index in [-0.39, 0.29) is 23.9 Å². The van der Waals surface area contributed by atoms with Crippen molar-refractivity contribution in [2.75, 3.05) is 24.5 Å². The zero-order valence-corrected chi connectivity index (χ0v) is 10.5. The maximum atomic E-state index is 6.37. The summed E-state index contributed by atoms with van der Waals surface area (Å²) < 4.78 is 0. The van der Waals surface area contributed by atoms with E-state index in [9.17, 15) is 0 Å². The second kappa shape index (κ2) is 6.30. The Bertz CT molecular complexity index is 307. The van der Waals surface area contributed by atoms with E-state index in [4.69, 9.17) is 17.3 Å². The van der Waals surface area contributed by atoms with Gasteiger partial charge in [-0.05, 0) is 12.1 Å². The van der Waals surface area contributed by atoms with Crippen molar-refractivity contribution in [1.29, 1.82) is 0 Å². The van der Waals surface area contributed by atoms with Gasteiger partial charge in [0.05, 0.1) is 6.04 Å². The number of hydrogen-bond acceptors (Lipinski definition) is 3. The van der Waals surface area contributed by atoms with E-state index < -0.39 is 0 Å². The lowest BCUT2D eigenvalue weighted by molar-refractivity contribution is 0.436. The number of para-hydroxylation sites is 1. The molecule has 0 aromatic heterocycles. The Morgan fingerprint density at radius 1 is 1.38 bits per heavy atom. The number of nitrogens with one attached hydrogen (secondary N) is 1. The normalized spacial score (nSPS) is 25.0. The molecule has 2 atom stereocenters. The van der Waals surface area contributed by atoms with Gasteiger partial charge in [-0.2, -0.15) is 0 Å². The summed E-state index contributed by atoms with van der Waals surface area (Å²) in [6.07, 6.45) is 0. The van der Waals surface area contributed by atoms with Crippen LogP contribution in [0, 0.1) is 0 Å². The minimum absolute atomic E-state index is 0. The summed E-state index contributed by atoms with van der Waals surface area (Å²) in [7, 11) is 0. The van der Waals surface area contributed by atoms with Crippen LogP contribution in [0.5, 0.6) is 0 Å². The first-order valence-electron chi connectivity index (χ1n) is 5.22. The van der Waals surface area contributed by atoms with Gasteiger partial charge in [0.1, 0.15) is 5.50 Å². The van der Waals surface area contributed by atoms with E-state index in [1.165, 1.54) is 0 Å². The Labute approximate surface area is 107 Å². The smallest absolute Gasteiger partial charge is 0.120 e. The van der Waals surface area contributed by atoms with Crippen molar-refractivity contribution in [2.45, 2.75) is 11.5 Å². The summed E-state index contributed by atoms with van der Waals surface area (Å²) in [6, 6.07) is 10.4. The van der Waals surface area contributed by atoms with Gasteiger partial charge in [0.15, 0.2) is 0 Å². The van der Waals surface area contributed by atoms with E-state index in [1.54, 1.807) is 0 Å². The minimum Gasteiger partial charge on any atom is -0.352 e. The molecule has 0 amide bonds. The van der Waals surface area contributed by atoms with Gasteiger partial charge in [-0.1, -0.05) is 29.8 Å². The number of hydrogen-bond donors (Lipinski definition) is 2. The maximum absolute atomic E-state index is 6.37. The summed E-state index contributed by atoms with van der Waals surface area (Å²) in [4.78, 5) is 2.19.